The van der Waals surface area contributed by atoms with Crippen molar-refractivity contribution in [2.75, 3.05) is 58.4 Å². The van der Waals surface area contributed by atoms with E-state index in [0.717, 1.165) is 44.0 Å². The fourth-order valence-corrected chi connectivity index (χ4v) is 8.21. The van der Waals surface area contributed by atoms with E-state index in [1.165, 1.54) is 19.3 Å². The third kappa shape index (κ3) is 6.13. The molecule has 3 heterocycles. The molecule has 12 heteroatoms. The number of aliphatic hydroxyl groups excluding tert-OH is 1. The quantitative estimate of drug-likeness (QED) is 0.421. The maximum Gasteiger partial charge on any atom is 0.258 e. The molecule has 3 N–H and O–H groups in total. The lowest BCUT2D eigenvalue weighted by molar-refractivity contribution is 0.102. The summed E-state index contributed by atoms with van der Waals surface area (Å²) in [5.41, 5.74) is 2.76. The SMILES string of the molecule is Cc1cc(NC(=O)c2ccc(NS(=O)(=O)CCO)cc2N2CC[Si](C)(C)CC2)nc(N2CCC3(CC3)C2)n1. The van der Waals surface area contributed by atoms with Crippen molar-refractivity contribution in [1.29, 1.82) is 0 Å². The van der Waals surface area contributed by atoms with Gasteiger partial charge < -0.3 is 20.2 Å². The molecular weight excluding hydrogens is 520 g/mol. The Morgan fingerprint density at radius 2 is 1.82 bits per heavy atom. The molecule has 2 saturated heterocycles. The molecule has 0 atom stereocenters. The number of anilines is 4. The van der Waals surface area contributed by atoms with Gasteiger partial charge in [-0.1, -0.05) is 13.1 Å². The number of hydrogen-bond acceptors (Lipinski definition) is 8. The summed E-state index contributed by atoms with van der Waals surface area (Å²) in [6.45, 7) is 9.73. The van der Waals surface area contributed by atoms with Gasteiger partial charge in [0.05, 0.1) is 37.4 Å². The van der Waals surface area contributed by atoms with E-state index >= 15 is 0 Å². The Morgan fingerprint density at radius 3 is 2.47 bits per heavy atom. The highest BCUT2D eigenvalue weighted by Crippen LogP contribution is 2.53. The highest BCUT2D eigenvalue weighted by molar-refractivity contribution is 7.92. The van der Waals surface area contributed by atoms with Gasteiger partial charge in [-0.05, 0) is 61.9 Å². The number of benzene rings is 1. The van der Waals surface area contributed by atoms with E-state index in [9.17, 15) is 13.2 Å². The van der Waals surface area contributed by atoms with Gasteiger partial charge in [0.1, 0.15) is 5.82 Å². The van der Waals surface area contributed by atoms with Gasteiger partial charge in [0.2, 0.25) is 16.0 Å². The smallest absolute Gasteiger partial charge is 0.258 e. The highest BCUT2D eigenvalue weighted by Gasteiger charge is 2.48. The molecule has 1 amide bonds. The molecule has 3 aliphatic rings. The van der Waals surface area contributed by atoms with Crippen LogP contribution in [-0.2, 0) is 10.0 Å². The minimum absolute atomic E-state index is 0.295. The first-order valence-electron chi connectivity index (χ1n) is 13.4. The van der Waals surface area contributed by atoms with Gasteiger partial charge in [0, 0.05) is 37.9 Å². The lowest BCUT2D eigenvalue weighted by Gasteiger charge is -2.38. The summed E-state index contributed by atoms with van der Waals surface area (Å²) in [5.74, 6) is 0.430. The number of amides is 1. The Bertz CT molecular complexity index is 1320. The number of nitrogens with one attached hydrogen (secondary N) is 2. The van der Waals surface area contributed by atoms with Gasteiger partial charge in [-0.2, -0.15) is 4.98 Å². The average molecular weight is 559 g/mol. The largest absolute Gasteiger partial charge is 0.395 e. The first kappa shape index (κ1) is 26.9. The van der Waals surface area contributed by atoms with Crippen molar-refractivity contribution in [3.63, 3.8) is 0 Å². The van der Waals surface area contributed by atoms with Crippen LogP contribution in [0.3, 0.4) is 0 Å². The van der Waals surface area contributed by atoms with Crippen molar-refractivity contribution in [2.45, 2.75) is 51.4 Å². The monoisotopic (exact) mass is 558 g/mol. The predicted molar refractivity (Wildman–Crippen MR) is 153 cm³/mol. The molecule has 2 aliphatic heterocycles. The minimum Gasteiger partial charge on any atom is -0.395 e. The Kier molecular flexibility index (Phi) is 7.16. The fraction of sp³-hybridized carbons (Fsp3) is 0.577. The van der Waals surface area contributed by atoms with E-state index in [2.05, 4.69) is 42.9 Å². The van der Waals surface area contributed by atoms with Gasteiger partial charge in [-0.25, -0.2) is 13.4 Å². The van der Waals surface area contributed by atoms with Crippen LogP contribution in [-0.4, -0.2) is 76.0 Å². The number of carbonyl (C=O) groups is 1. The second-order valence-electron chi connectivity index (χ2n) is 11.8. The van der Waals surface area contributed by atoms with Crippen molar-refractivity contribution in [1.82, 2.24) is 9.97 Å². The fourth-order valence-electron chi connectivity index (χ4n) is 5.39. The summed E-state index contributed by atoms with van der Waals surface area (Å²) in [5, 5.41) is 12.1. The van der Waals surface area contributed by atoms with E-state index in [4.69, 9.17) is 5.11 Å². The van der Waals surface area contributed by atoms with E-state index in [0.29, 0.717) is 34.1 Å². The molecular formula is C26H38N6O4SSi. The summed E-state index contributed by atoms with van der Waals surface area (Å²) in [7, 11) is -4.96. The minimum atomic E-state index is -3.69. The first-order chi connectivity index (χ1) is 18.0. The maximum atomic E-state index is 13.6. The first-order valence-corrected chi connectivity index (χ1v) is 18.5. The normalized spacial score (nSPS) is 20.0. The van der Waals surface area contributed by atoms with Crippen LogP contribution < -0.4 is 19.8 Å². The highest BCUT2D eigenvalue weighted by atomic mass is 32.2. The zero-order valence-corrected chi connectivity index (χ0v) is 24.3. The summed E-state index contributed by atoms with van der Waals surface area (Å²) in [4.78, 5) is 27.3. The van der Waals surface area contributed by atoms with E-state index in [1.807, 2.05) is 6.92 Å². The molecule has 0 bridgehead atoms. The summed E-state index contributed by atoms with van der Waals surface area (Å²) >= 11 is 0. The Balaban J connectivity index is 1.40. The van der Waals surface area contributed by atoms with Crippen LogP contribution in [0.15, 0.2) is 24.3 Å². The molecule has 1 saturated carbocycles. The molecule has 0 radical (unpaired) electrons. The number of aryl methyl sites for hydroxylation is 1. The molecule has 5 rings (SSSR count). The van der Waals surface area contributed by atoms with Gasteiger partial charge in [0.25, 0.3) is 5.91 Å². The average Bonchev–Trinajstić information content (AvgIpc) is 3.46. The number of aromatic nitrogens is 2. The van der Waals surface area contributed by atoms with Crippen LogP contribution in [0.5, 0.6) is 0 Å². The Morgan fingerprint density at radius 1 is 1.08 bits per heavy atom. The summed E-state index contributed by atoms with van der Waals surface area (Å²) in [6.07, 6.45) is 3.70. The third-order valence-corrected chi connectivity index (χ3v) is 12.5. The maximum absolute atomic E-state index is 13.6. The van der Waals surface area contributed by atoms with Crippen molar-refractivity contribution >= 4 is 47.1 Å². The van der Waals surface area contributed by atoms with E-state index in [1.54, 1.807) is 24.3 Å². The second kappa shape index (κ2) is 10.1. The zero-order valence-electron chi connectivity index (χ0n) is 22.5. The van der Waals surface area contributed by atoms with Crippen LogP contribution >= 0.6 is 0 Å². The van der Waals surface area contributed by atoms with E-state index in [-0.39, 0.29) is 11.7 Å². The van der Waals surface area contributed by atoms with Crippen LogP contribution in [0, 0.1) is 12.3 Å². The predicted octanol–water partition coefficient (Wildman–Crippen LogP) is 3.29. The molecule has 2 aromatic rings. The standard InChI is InChI=1S/C26H38N6O4SSi/c1-19-16-23(29-25(27-19)32-9-8-26(18-32)6-7-26)28-24(34)21-5-4-20(30-37(35,36)13-12-33)17-22(21)31-10-14-38(2,3)15-11-31/h4-5,16-17,30,33H,6-15,18H2,1-3H3,(H,27,28,29,34). The molecule has 38 heavy (non-hydrogen) atoms. The molecule has 1 spiro atoms. The molecule has 1 aromatic heterocycles. The topological polar surface area (TPSA) is 128 Å². The van der Waals surface area contributed by atoms with Crippen LogP contribution in [0.25, 0.3) is 0 Å². The second-order valence-corrected chi connectivity index (χ2v) is 19.0. The molecule has 1 aromatic carbocycles. The van der Waals surface area contributed by atoms with Gasteiger partial charge in [-0.15, -0.1) is 0 Å². The Hall–Kier alpha value is -2.70. The Labute approximate surface area is 225 Å². The number of nitrogens with zero attached hydrogens (tertiary/aromatic N) is 4. The molecule has 0 unspecified atom stereocenters. The lowest BCUT2D eigenvalue weighted by atomic mass is 10.1. The number of carbonyl (C=O) groups excluding carboxylic acids is 1. The molecule has 3 fully saturated rings. The molecule has 10 nitrogen and oxygen atoms in total. The summed E-state index contributed by atoms with van der Waals surface area (Å²) in [6, 6.07) is 8.94. The van der Waals surface area contributed by atoms with Crippen LogP contribution in [0.4, 0.5) is 23.1 Å². The van der Waals surface area contributed by atoms with Crippen molar-refractivity contribution in [3.8, 4) is 0 Å². The number of hydrogen-bond donors (Lipinski definition) is 3. The third-order valence-electron chi connectivity index (χ3n) is 8.10. The number of sulfonamides is 1. The molecule has 1 aliphatic carbocycles. The lowest BCUT2D eigenvalue weighted by Crippen LogP contribution is -2.43. The van der Waals surface area contributed by atoms with Crippen molar-refractivity contribution in [2.24, 2.45) is 5.41 Å². The van der Waals surface area contributed by atoms with Crippen LogP contribution in [0.2, 0.25) is 25.2 Å². The summed E-state index contributed by atoms with van der Waals surface area (Å²) < 4.78 is 27.1. The van der Waals surface area contributed by atoms with E-state index < -0.39 is 24.7 Å². The number of rotatable bonds is 8. The molecule has 206 valence electrons. The van der Waals surface area contributed by atoms with Gasteiger partial charge in [0.15, 0.2) is 0 Å². The zero-order chi connectivity index (χ0) is 27.1. The van der Waals surface area contributed by atoms with Crippen molar-refractivity contribution < 1.29 is 18.3 Å². The van der Waals surface area contributed by atoms with Crippen LogP contribution in [0.1, 0.15) is 35.3 Å². The number of aliphatic hydroxyl groups is 1. The van der Waals surface area contributed by atoms with Gasteiger partial charge >= 0.3 is 0 Å². The van der Waals surface area contributed by atoms with Gasteiger partial charge in [-0.3, -0.25) is 9.52 Å². The van der Waals surface area contributed by atoms with Crippen molar-refractivity contribution in [3.05, 3.63) is 35.5 Å².